The molecule has 1 amide bonds. The lowest BCUT2D eigenvalue weighted by molar-refractivity contribution is -0.138. The van der Waals surface area contributed by atoms with Gasteiger partial charge in [-0.05, 0) is 25.3 Å². The van der Waals surface area contributed by atoms with E-state index in [0.29, 0.717) is 19.6 Å². The zero-order chi connectivity index (χ0) is 13.9. The van der Waals surface area contributed by atoms with E-state index in [4.69, 9.17) is 10.5 Å². The van der Waals surface area contributed by atoms with Crippen molar-refractivity contribution in [2.24, 2.45) is 11.7 Å². The summed E-state index contributed by atoms with van der Waals surface area (Å²) in [7, 11) is 0. The molecule has 0 radical (unpaired) electrons. The Labute approximate surface area is 116 Å². The van der Waals surface area contributed by atoms with Crippen LogP contribution in [0, 0.1) is 5.92 Å². The molecule has 0 aromatic heterocycles. The van der Waals surface area contributed by atoms with Gasteiger partial charge in [0, 0.05) is 32.8 Å². The molecule has 0 spiro atoms. The van der Waals surface area contributed by atoms with Crippen molar-refractivity contribution in [1.29, 1.82) is 0 Å². The lowest BCUT2D eigenvalue weighted by Gasteiger charge is -2.38. The summed E-state index contributed by atoms with van der Waals surface area (Å²) in [6.45, 7) is 10.2. The lowest BCUT2D eigenvalue weighted by atomic mass is 9.98. The minimum Gasteiger partial charge on any atom is -0.379 e. The topological polar surface area (TPSA) is 58.8 Å². The molecule has 5 heteroatoms. The Hall–Kier alpha value is -0.650. The zero-order valence-electron chi connectivity index (χ0n) is 12.2. The number of carbonyl (C=O) groups is 1. The van der Waals surface area contributed by atoms with Crippen LogP contribution in [0.2, 0.25) is 0 Å². The standard InChI is InChI=1S/C14H27N3O2/c1-12(2)3-5-16-6-8-17(9-7-16)13(18)14(15)4-10-19-11-14/h12H,3-11,15H2,1-2H3. The van der Waals surface area contributed by atoms with E-state index < -0.39 is 5.54 Å². The molecular weight excluding hydrogens is 242 g/mol. The van der Waals surface area contributed by atoms with Crippen LogP contribution < -0.4 is 5.73 Å². The second kappa shape index (κ2) is 6.20. The molecule has 0 saturated carbocycles. The van der Waals surface area contributed by atoms with Gasteiger partial charge in [0.15, 0.2) is 0 Å². The van der Waals surface area contributed by atoms with Gasteiger partial charge in [0.25, 0.3) is 0 Å². The maximum atomic E-state index is 12.4. The summed E-state index contributed by atoms with van der Waals surface area (Å²) in [5.74, 6) is 0.816. The first-order chi connectivity index (χ1) is 9.01. The number of rotatable bonds is 4. The van der Waals surface area contributed by atoms with E-state index in [1.807, 2.05) is 4.90 Å². The summed E-state index contributed by atoms with van der Waals surface area (Å²) >= 11 is 0. The number of hydrogen-bond acceptors (Lipinski definition) is 4. The van der Waals surface area contributed by atoms with Gasteiger partial charge in [-0.25, -0.2) is 0 Å². The molecule has 0 aromatic carbocycles. The number of hydrogen-bond donors (Lipinski definition) is 1. The predicted octanol–water partition coefficient (Wildman–Crippen LogP) is 0.295. The molecule has 2 saturated heterocycles. The monoisotopic (exact) mass is 269 g/mol. The minimum atomic E-state index is -0.764. The van der Waals surface area contributed by atoms with Crippen molar-refractivity contribution in [2.75, 3.05) is 45.9 Å². The van der Waals surface area contributed by atoms with Crippen LogP contribution in [-0.4, -0.2) is 67.2 Å². The predicted molar refractivity (Wildman–Crippen MR) is 74.8 cm³/mol. The molecule has 2 rings (SSSR count). The lowest BCUT2D eigenvalue weighted by Crippen LogP contribution is -2.60. The second-order valence-corrected chi connectivity index (χ2v) is 6.28. The highest BCUT2D eigenvalue weighted by molar-refractivity contribution is 5.86. The molecule has 2 aliphatic rings. The summed E-state index contributed by atoms with van der Waals surface area (Å²) in [6.07, 6.45) is 1.88. The first-order valence-electron chi connectivity index (χ1n) is 7.39. The van der Waals surface area contributed by atoms with E-state index in [-0.39, 0.29) is 5.91 Å². The third-order valence-corrected chi connectivity index (χ3v) is 4.16. The van der Waals surface area contributed by atoms with E-state index in [1.165, 1.54) is 6.42 Å². The summed E-state index contributed by atoms with van der Waals surface area (Å²) < 4.78 is 5.28. The van der Waals surface area contributed by atoms with Gasteiger partial charge in [-0.1, -0.05) is 13.8 Å². The van der Waals surface area contributed by atoms with Gasteiger partial charge in [0.1, 0.15) is 5.54 Å². The highest BCUT2D eigenvalue weighted by Crippen LogP contribution is 2.19. The minimum absolute atomic E-state index is 0.0773. The third kappa shape index (κ3) is 3.68. The number of ether oxygens (including phenoxy) is 1. The molecular formula is C14H27N3O2. The molecule has 2 N–H and O–H groups in total. The van der Waals surface area contributed by atoms with Gasteiger partial charge in [0.05, 0.1) is 6.61 Å². The van der Waals surface area contributed by atoms with Gasteiger partial charge in [0.2, 0.25) is 5.91 Å². The quantitative estimate of drug-likeness (QED) is 0.797. The molecule has 1 unspecified atom stereocenters. The number of piperazine rings is 1. The maximum Gasteiger partial charge on any atom is 0.245 e. The van der Waals surface area contributed by atoms with Crippen molar-refractivity contribution in [1.82, 2.24) is 9.80 Å². The van der Waals surface area contributed by atoms with Gasteiger partial charge in [-0.15, -0.1) is 0 Å². The zero-order valence-corrected chi connectivity index (χ0v) is 12.2. The number of nitrogens with zero attached hydrogens (tertiary/aromatic N) is 2. The first-order valence-corrected chi connectivity index (χ1v) is 7.39. The third-order valence-electron chi connectivity index (χ3n) is 4.16. The average molecular weight is 269 g/mol. The van der Waals surface area contributed by atoms with E-state index in [1.54, 1.807) is 0 Å². The van der Waals surface area contributed by atoms with E-state index in [2.05, 4.69) is 18.7 Å². The molecule has 1 atom stereocenters. The molecule has 2 aliphatic heterocycles. The molecule has 19 heavy (non-hydrogen) atoms. The van der Waals surface area contributed by atoms with E-state index >= 15 is 0 Å². The van der Waals surface area contributed by atoms with Crippen LogP contribution in [0.5, 0.6) is 0 Å². The van der Waals surface area contributed by atoms with Gasteiger partial charge in [-0.2, -0.15) is 0 Å². The fraction of sp³-hybridized carbons (Fsp3) is 0.929. The molecule has 0 aliphatic carbocycles. The van der Waals surface area contributed by atoms with Crippen LogP contribution in [0.25, 0.3) is 0 Å². The first kappa shape index (κ1) is 14.8. The van der Waals surface area contributed by atoms with Crippen molar-refractivity contribution >= 4 is 5.91 Å². The molecule has 110 valence electrons. The summed E-state index contributed by atoms with van der Waals surface area (Å²) in [5, 5.41) is 0. The highest BCUT2D eigenvalue weighted by atomic mass is 16.5. The molecule has 2 heterocycles. The van der Waals surface area contributed by atoms with Crippen molar-refractivity contribution < 1.29 is 9.53 Å². The number of carbonyl (C=O) groups excluding carboxylic acids is 1. The second-order valence-electron chi connectivity index (χ2n) is 6.28. The summed E-state index contributed by atoms with van der Waals surface area (Å²) in [5.41, 5.74) is 5.37. The van der Waals surface area contributed by atoms with Crippen molar-refractivity contribution in [2.45, 2.75) is 32.2 Å². The Morgan fingerprint density at radius 1 is 1.32 bits per heavy atom. The van der Waals surface area contributed by atoms with Crippen LogP contribution in [0.1, 0.15) is 26.7 Å². The average Bonchev–Trinajstić information content (AvgIpc) is 2.84. The van der Waals surface area contributed by atoms with E-state index in [0.717, 1.165) is 38.6 Å². The number of nitrogens with two attached hydrogens (primary N) is 1. The largest absolute Gasteiger partial charge is 0.379 e. The Kier molecular flexibility index (Phi) is 4.81. The van der Waals surface area contributed by atoms with Crippen LogP contribution in [0.3, 0.4) is 0 Å². The van der Waals surface area contributed by atoms with Crippen LogP contribution in [0.15, 0.2) is 0 Å². The fourth-order valence-electron chi connectivity index (χ4n) is 2.68. The Bertz CT molecular complexity index is 306. The molecule has 2 fully saturated rings. The van der Waals surface area contributed by atoms with Crippen LogP contribution in [0.4, 0.5) is 0 Å². The van der Waals surface area contributed by atoms with Crippen LogP contribution in [-0.2, 0) is 9.53 Å². The van der Waals surface area contributed by atoms with Crippen LogP contribution >= 0.6 is 0 Å². The molecule has 5 nitrogen and oxygen atoms in total. The van der Waals surface area contributed by atoms with Gasteiger partial charge >= 0.3 is 0 Å². The molecule has 0 aromatic rings. The van der Waals surface area contributed by atoms with Crippen molar-refractivity contribution in [3.05, 3.63) is 0 Å². The SMILES string of the molecule is CC(C)CCN1CCN(C(=O)C2(N)CCOC2)CC1. The van der Waals surface area contributed by atoms with Gasteiger partial charge < -0.3 is 15.4 Å². The Morgan fingerprint density at radius 3 is 2.53 bits per heavy atom. The fourth-order valence-corrected chi connectivity index (χ4v) is 2.68. The summed E-state index contributed by atoms with van der Waals surface area (Å²) in [4.78, 5) is 16.8. The summed E-state index contributed by atoms with van der Waals surface area (Å²) in [6, 6.07) is 0. The van der Waals surface area contributed by atoms with E-state index in [9.17, 15) is 4.79 Å². The Morgan fingerprint density at radius 2 is 2.00 bits per heavy atom. The smallest absolute Gasteiger partial charge is 0.245 e. The molecule has 0 bridgehead atoms. The normalized spacial score (nSPS) is 29.2. The van der Waals surface area contributed by atoms with Gasteiger partial charge in [-0.3, -0.25) is 9.69 Å². The Balaban J connectivity index is 1.78. The maximum absolute atomic E-state index is 12.4. The highest BCUT2D eigenvalue weighted by Gasteiger charge is 2.41. The van der Waals surface area contributed by atoms with Crippen molar-refractivity contribution in [3.63, 3.8) is 0 Å². The number of amides is 1. The van der Waals surface area contributed by atoms with Crippen molar-refractivity contribution in [3.8, 4) is 0 Å².